The maximum absolute atomic E-state index is 14.6. The molecule has 0 radical (unpaired) electrons. The van der Waals surface area contributed by atoms with Crippen LogP contribution in [0.15, 0.2) is 71.6 Å². The highest BCUT2D eigenvalue weighted by atomic mass is 32.2. The van der Waals surface area contributed by atoms with Crippen molar-refractivity contribution in [1.29, 1.82) is 0 Å². The summed E-state index contributed by atoms with van der Waals surface area (Å²) in [5.41, 5.74) is 1.33. The van der Waals surface area contributed by atoms with Gasteiger partial charge in [0.2, 0.25) is 0 Å². The number of hydrogen-bond donors (Lipinski definition) is 1. The second kappa shape index (κ2) is 14.7. The number of likely N-dealkylation sites (tertiary alicyclic amines) is 2. The highest BCUT2D eigenvalue weighted by molar-refractivity contribution is 7.91. The topological polar surface area (TPSA) is 91.8 Å². The predicted octanol–water partition coefficient (Wildman–Crippen LogP) is 7.27. The molecule has 2 fully saturated rings. The zero-order chi connectivity index (χ0) is 35.6. The molecule has 4 aromatic rings. The van der Waals surface area contributed by atoms with Crippen molar-refractivity contribution in [3.05, 3.63) is 89.0 Å². The number of benzene rings is 3. The Kier molecular flexibility index (Phi) is 10.5. The van der Waals surface area contributed by atoms with Crippen LogP contribution in [-0.4, -0.2) is 74.2 Å². The van der Waals surface area contributed by atoms with Crippen molar-refractivity contribution in [1.82, 2.24) is 20.1 Å². The van der Waals surface area contributed by atoms with Gasteiger partial charge in [0.1, 0.15) is 10.6 Å². The molecule has 6 rings (SSSR count). The fourth-order valence-corrected chi connectivity index (χ4v) is 8.29. The normalized spacial score (nSPS) is 17.2. The number of carbonyl (C=O) groups excluding carboxylic acids is 1. The Morgan fingerprint density at radius 3 is 2.34 bits per heavy atom. The number of pyridine rings is 1. The minimum absolute atomic E-state index is 0.0441. The molecule has 12 heteroatoms. The van der Waals surface area contributed by atoms with Crippen molar-refractivity contribution in [2.24, 2.45) is 0 Å². The molecule has 1 aromatic heterocycles. The smallest absolute Gasteiger partial charge is 0.416 e. The number of carbonyl (C=O) groups is 1. The summed E-state index contributed by atoms with van der Waals surface area (Å²) in [6.45, 7) is 7.28. The summed E-state index contributed by atoms with van der Waals surface area (Å²) in [7, 11) is -2.46. The Morgan fingerprint density at radius 2 is 1.70 bits per heavy atom. The largest absolute Gasteiger partial charge is 0.495 e. The van der Waals surface area contributed by atoms with Crippen molar-refractivity contribution >= 4 is 26.6 Å². The standard InChI is InChI=1S/C38H43F3N4O4S/c1-4-50(47,48)34-22-30-32(23-33(34)49-3)43-36(27-13-10-14-28(21-27)38(39,40)41)31(24-44-19-15-29(16-20-44)45-17-8-9-18-45)35(30)37(46)42-25(2)26-11-6-5-7-12-26/h5-7,10-14,21-23,25,29H,4,8-9,15-20,24H2,1-3H3,(H,42,46)/t25-/m0/s1. The van der Waals surface area contributed by atoms with Gasteiger partial charge in [-0.15, -0.1) is 0 Å². The van der Waals surface area contributed by atoms with Gasteiger partial charge in [0.25, 0.3) is 5.91 Å². The Morgan fingerprint density at radius 1 is 1.00 bits per heavy atom. The zero-order valence-electron chi connectivity index (χ0n) is 28.6. The monoisotopic (exact) mass is 708 g/mol. The van der Waals surface area contributed by atoms with E-state index in [1.807, 2.05) is 37.3 Å². The van der Waals surface area contributed by atoms with Gasteiger partial charge in [-0.2, -0.15) is 13.2 Å². The molecule has 0 bridgehead atoms. The van der Waals surface area contributed by atoms with E-state index in [4.69, 9.17) is 9.72 Å². The molecule has 3 aromatic carbocycles. The fourth-order valence-electron chi connectivity index (χ4n) is 7.23. The van der Waals surface area contributed by atoms with E-state index in [0.29, 0.717) is 11.6 Å². The van der Waals surface area contributed by atoms with Crippen molar-refractivity contribution in [2.75, 3.05) is 39.0 Å². The van der Waals surface area contributed by atoms with Gasteiger partial charge in [-0.3, -0.25) is 9.69 Å². The first kappa shape index (κ1) is 35.8. The number of amides is 1. The second-order valence-corrected chi connectivity index (χ2v) is 15.4. The molecule has 3 heterocycles. The van der Waals surface area contributed by atoms with E-state index >= 15 is 0 Å². The van der Waals surface area contributed by atoms with Crippen LogP contribution < -0.4 is 10.1 Å². The van der Waals surface area contributed by atoms with Crippen LogP contribution in [0.1, 0.15) is 72.6 Å². The lowest BCUT2D eigenvalue weighted by Crippen LogP contribution is -2.43. The third-order valence-electron chi connectivity index (χ3n) is 10.0. The third kappa shape index (κ3) is 7.52. The van der Waals surface area contributed by atoms with Crippen molar-refractivity contribution in [2.45, 2.75) is 69.2 Å². The van der Waals surface area contributed by atoms with Gasteiger partial charge in [-0.25, -0.2) is 13.4 Å². The number of halogens is 3. The first-order valence-electron chi connectivity index (χ1n) is 17.2. The van der Waals surface area contributed by atoms with E-state index in [9.17, 15) is 26.4 Å². The molecule has 0 aliphatic carbocycles. The average molecular weight is 709 g/mol. The molecule has 2 saturated heterocycles. The third-order valence-corrected chi connectivity index (χ3v) is 11.8. The number of ether oxygens (including phenoxy) is 1. The molecule has 50 heavy (non-hydrogen) atoms. The molecule has 0 spiro atoms. The van der Waals surface area contributed by atoms with Crippen LogP contribution in [0.4, 0.5) is 13.2 Å². The number of nitrogens with one attached hydrogen (secondary N) is 1. The molecule has 1 N–H and O–H groups in total. The average Bonchev–Trinajstić information content (AvgIpc) is 3.66. The minimum Gasteiger partial charge on any atom is -0.495 e. The highest BCUT2D eigenvalue weighted by Crippen LogP contribution is 2.39. The second-order valence-electron chi connectivity index (χ2n) is 13.2. The Bertz CT molecular complexity index is 1960. The van der Waals surface area contributed by atoms with Gasteiger partial charge in [0.05, 0.1) is 41.2 Å². The summed E-state index contributed by atoms with van der Waals surface area (Å²) in [4.78, 5) is 24.2. The highest BCUT2D eigenvalue weighted by Gasteiger charge is 2.33. The van der Waals surface area contributed by atoms with Crippen molar-refractivity contribution in [3.8, 4) is 17.0 Å². The molecule has 2 aliphatic rings. The van der Waals surface area contributed by atoms with Crippen molar-refractivity contribution < 1.29 is 31.1 Å². The van der Waals surface area contributed by atoms with Gasteiger partial charge in [-0.1, -0.05) is 49.4 Å². The summed E-state index contributed by atoms with van der Waals surface area (Å²) in [6, 6.07) is 17.3. The molecule has 8 nitrogen and oxygen atoms in total. The summed E-state index contributed by atoms with van der Waals surface area (Å²) in [6.07, 6.45) is -0.332. The van der Waals surface area contributed by atoms with Crippen LogP contribution in [0.25, 0.3) is 22.2 Å². The van der Waals surface area contributed by atoms with E-state index in [2.05, 4.69) is 15.1 Å². The summed E-state index contributed by atoms with van der Waals surface area (Å²) >= 11 is 0. The number of aromatic nitrogens is 1. The molecule has 1 amide bonds. The zero-order valence-corrected chi connectivity index (χ0v) is 29.4. The summed E-state index contributed by atoms with van der Waals surface area (Å²) < 4.78 is 74.1. The van der Waals surface area contributed by atoms with Crippen LogP contribution in [0.5, 0.6) is 5.75 Å². The number of sulfone groups is 1. The lowest BCUT2D eigenvalue weighted by Gasteiger charge is -2.37. The molecule has 0 saturated carbocycles. The first-order valence-corrected chi connectivity index (χ1v) is 18.8. The SMILES string of the molecule is CCS(=O)(=O)c1cc2c(C(=O)N[C@@H](C)c3ccccc3)c(CN3CCC(N4CCCC4)CC3)c(-c3cccc(C(F)(F)F)c3)nc2cc1OC. The Balaban J connectivity index is 1.55. The maximum atomic E-state index is 14.6. The van der Waals surface area contributed by atoms with Crippen LogP contribution >= 0.6 is 0 Å². The fraction of sp³-hybridized carbons (Fsp3) is 0.421. The van der Waals surface area contributed by atoms with Gasteiger partial charge >= 0.3 is 6.18 Å². The predicted molar refractivity (Wildman–Crippen MR) is 188 cm³/mol. The van der Waals surface area contributed by atoms with Gasteiger partial charge in [0.15, 0.2) is 9.84 Å². The number of alkyl halides is 3. The summed E-state index contributed by atoms with van der Waals surface area (Å²) in [5.74, 6) is -0.632. The maximum Gasteiger partial charge on any atom is 0.416 e. The van der Waals surface area contributed by atoms with Crippen LogP contribution in [0.3, 0.4) is 0 Å². The molecular weight excluding hydrogens is 666 g/mol. The van der Waals surface area contributed by atoms with Crippen LogP contribution in [-0.2, 0) is 22.6 Å². The number of piperidine rings is 1. The van der Waals surface area contributed by atoms with E-state index in [1.54, 1.807) is 6.07 Å². The van der Waals surface area contributed by atoms with E-state index < -0.39 is 33.5 Å². The molecule has 1 atom stereocenters. The summed E-state index contributed by atoms with van der Waals surface area (Å²) in [5, 5.41) is 3.37. The number of rotatable bonds is 10. The van der Waals surface area contributed by atoms with Gasteiger partial charge < -0.3 is 15.0 Å². The van der Waals surface area contributed by atoms with E-state index in [0.717, 1.165) is 56.7 Å². The lowest BCUT2D eigenvalue weighted by atomic mass is 9.93. The quantitative estimate of drug-likeness (QED) is 0.185. The molecule has 266 valence electrons. The number of fused-ring (bicyclic) bond motifs is 1. The Labute approximate surface area is 291 Å². The van der Waals surface area contributed by atoms with E-state index in [-0.39, 0.29) is 50.7 Å². The van der Waals surface area contributed by atoms with Crippen LogP contribution in [0.2, 0.25) is 0 Å². The van der Waals surface area contributed by atoms with Crippen molar-refractivity contribution in [3.63, 3.8) is 0 Å². The molecule has 2 aliphatic heterocycles. The van der Waals surface area contributed by atoms with Crippen LogP contribution in [0, 0.1) is 0 Å². The number of hydrogen-bond acceptors (Lipinski definition) is 7. The molecular formula is C38H43F3N4O4S. The van der Waals surface area contributed by atoms with E-state index in [1.165, 1.54) is 45.1 Å². The van der Waals surface area contributed by atoms with Gasteiger partial charge in [0, 0.05) is 35.2 Å². The Hall–Kier alpha value is -4.00. The lowest BCUT2D eigenvalue weighted by molar-refractivity contribution is -0.137. The first-order chi connectivity index (χ1) is 23.9. The number of methoxy groups -OCH3 is 1. The van der Waals surface area contributed by atoms with Gasteiger partial charge in [-0.05, 0) is 82.5 Å². The number of nitrogens with zero attached hydrogens (tertiary/aromatic N) is 3. The molecule has 0 unspecified atom stereocenters. The minimum atomic E-state index is -4.59.